The first-order valence-corrected chi connectivity index (χ1v) is 9.26. The van der Waals surface area contributed by atoms with Crippen LogP contribution in [0.1, 0.15) is 10.4 Å². The Labute approximate surface area is 154 Å². The van der Waals surface area contributed by atoms with Gasteiger partial charge in [0.25, 0.3) is 0 Å². The zero-order valence-corrected chi connectivity index (χ0v) is 16.0. The maximum absolute atomic E-state index is 5.74. The molecule has 2 rings (SSSR count). The van der Waals surface area contributed by atoms with Crippen LogP contribution in [-0.4, -0.2) is 51.8 Å². The van der Waals surface area contributed by atoms with Gasteiger partial charge < -0.3 is 19.7 Å². The standard InChI is InChI=1S/C19H27N3O2S/c1-20-19(22(2)12-10-17-8-6-14-25-17)21-11-13-24-15-16-7-4-5-9-18(16)23-3/h4-9,14H,10-13,15H2,1-3H3,(H,20,21). The van der Waals surface area contributed by atoms with Crippen LogP contribution >= 0.6 is 11.3 Å². The molecule has 6 heteroatoms. The Morgan fingerprint density at radius 1 is 1.24 bits per heavy atom. The lowest BCUT2D eigenvalue weighted by Crippen LogP contribution is -2.41. The van der Waals surface area contributed by atoms with Crippen LogP contribution in [-0.2, 0) is 17.8 Å². The largest absolute Gasteiger partial charge is 0.496 e. The number of nitrogens with one attached hydrogen (secondary N) is 1. The maximum Gasteiger partial charge on any atom is 0.193 e. The van der Waals surface area contributed by atoms with E-state index in [1.165, 1.54) is 4.88 Å². The monoisotopic (exact) mass is 361 g/mol. The first kappa shape index (κ1) is 19.3. The maximum atomic E-state index is 5.74. The molecule has 1 aromatic carbocycles. The van der Waals surface area contributed by atoms with Crippen LogP contribution in [0.15, 0.2) is 46.8 Å². The van der Waals surface area contributed by atoms with Crippen LogP contribution in [0, 0.1) is 0 Å². The summed E-state index contributed by atoms with van der Waals surface area (Å²) in [5.74, 6) is 1.75. The van der Waals surface area contributed by atoms with Crippen LogP contribution in [0.2, 0.25) is 0 Å². The summed E-state index contributed by atoms with van der Waals surface area (Å²) in [7, 11) is 5.54. The third-order valence-electron chi connectivity index (χ3n) is 3.83. The molecule has 0 saturated heterocycles. The molecule has 0 aliphatic heterocycles. The highest BCUT2D eigenvalue weighted by Crippen LogP contribution is 2.17. The van der Waals surface area contributed by atoms with E-state index < -0.39 is 0 Å². The number of methoxy groups -OCH3 is 1. The Morgan fingerprint density at radius 3 is 2.80 bits per heavy atom. The van der Waals surface area contributed by atoms with E-state index in [4.69, 9.17) is 9.47 Å². The van der Waals surface area contributed by atoms with Crippen molar-refractivity contribution in [3.63, 3.8) is 0 Å². The first-order valence-electron chi connectivity index (χ1n) is 8.38. The Hall–Kier alpha value is -2.05. The summed E-state index contributed by atoms with van der Waals surface area (Å²) >= 11 is 1.79. The lowest BCUT2D eigenvalue weighted by Gasteiger charge is -2.21. The number of likely N-dealkylation sites (N-methyl/N-ethyl adjacent to an activating group) is 1. The highest BCUT2D eigenvalue weighted by atomic mass is 32.1. The average molecular weight is 362 g/mol. The molecule has 0 fully saturated rings. The molecule has 2 aromatic rings. The molecule has 5 nitrogen and oxygen atoms in total. The molecule has 136 valence electrons. The van der Waals surface area contributed by atoms with Crippen molar-refractivity contribution in [1.82, 2.24) is 10.2 Å². The van der Waals surface area contributed by atoms with Gasteiger partial charge in [-0.2, -0.15) is 0 Å². The Morgan fingerprint density at radius 2 is 2.08 bits per heavy atom. The molecule has 0 bridgehead atoms. The van der Waals surface area contributed by atoms with Gasteiger partial charge in [0.2, 0.25) is 0 Å². The van der Waals surface area contributed by atoms with E-state index >= 15 is 0 Å². The van der Waals surface area contributed by atoms with Crippen LogP contribution in [0.3, 0.4) is 0 Å². The zero-order chi connectivity index (χ0) is 17.9. The number of nitrogens with zero attached hydrogens (tertiary/aromatic N) is 2. The lowest BCUT2D eigenvalue weighted by atomic mass is 10.2. The Bertz CT molecular complexity index is 644. The van der Waals surface area contributed by atoms with Crippen LogP contribution in [0.5, 0.6) is 5.75 Å². The molecule has 0 aliphatic carbocycles. The highest BCUT2D eigenvalue weighted by Gasteiger charge is 2.06. The first-order chi connectivity index (χ1) is 12.2. The number of rotatable bonds is 9. The minimum atomic E-state index is 0.540. The van der Waals surface area contributed by atoms with E-state index in [1.807, 2.05) is 24.3 Å². The Balaban J connectivity index is 1.66. The van der Waals surface area contributed by atoms with Crippen LogP contribution < -0.4 is 10.1 Å². The number of aliphatic imine (C=N–C) groups is 1. The third-order valence-corrected chi connectivity index (χ3v) is 4.76. The van der Waals surface area contributed by atoms with Crippen molar-refractivity contribution in [2.24, 2.45) is 4.99 Å². The van der Waals surface area contributed by atoms with Gasteiger partial charge in [0.1, 0.15) is 5.75 Å². The van der Waals surface area contributed by atoms with Crippen LogP contribution in [0.4, 0.5) is 0 Å². The summed E-state index contributed by atoms with van der Waals surface area (Å²) in [6.07, 6.45) is 1.03. The molecule has 0 radical (unpaired) electrons. The minimum Gasteiger partial charge on any atom is -0.496 e. The number of thiophene rings is 1. The molecule has 1 heterocycles. The van der Waals surface area contributed by atoms with Crippen molar-refractivity contribution >= 4 is 17.3 Å². The van der Waals surface area contributed by atoms with Gasteiger partial charge >= 0.3 is 0 Å². The van der Waals surface area contributed by atoms with Gasteiger partial charge in [-0.3, -0.25) is 4.99 Å². The van der Waals surface area contributed by atoms with Crippen molar-refractivity contribution < 1.29 is 9.47 Å². The molecular formula is C19H27N3O2S. The lowest BCUT2D eigenvalue weighted by molar-refractivity contribution is 0.123. The smallest absolute Gasteiger partial charge is 0.193 e. The normalized spacial score (nSPS) is 11.4. The van der Waals surface area contributed by atoms with E-state index in [0.717, 1.165) is 30.2 Å². The average Bonchev–Trinajstić information content (AvgIpc) is 3.16. The van der Waals surface area contributed by atoms with Gasteiger partial charge in [-0.15, -0.1) is 11.3 Å². The topological polar surface area (TPSA) is 46.1 Å². The second-order valence-corrected chi connectivity index (χ2v) is 6.62. The van der Waals surface area contributed by atoms with Gasteiger partial charge in [-0.1, -0.05) is 24.3 Å². The second kappa shape index (κ2) is 10.7. The summed E-state index contributed by atoms with van der Waals surface area (Å²) in [5, 5.41) is 5.45. The number of ether oxygens (including phenoxy) is 2. The van der Waals surface area contributed by atoms with Crippen molar-refractivity contribution in [2.45, 2.75) is 13.0 Å². The molecule has 0 aliphatic rings. The zero-order valence-electron chi connectivity index (χ0n) is 15.2. The number of para-hydroxylation sites is 1. The van der Waals surface area contributed by atoms with Crippen molar-refractivity contribution in [1.29, 1.82) is 0 Å². The summed E-state index contributed by atoms with van der Waals surface area (Å²) in [6, 6.07) is 12.2. The van der Waals surface area contributed by atoms with E-state index in [0.29, 0.717) is 19.8 Å². The molecule has 0 unspecified atom stereocenters. The molecule has 0 atom stereocenters. The molecule has 0 spiro atoms. The van der Waals surface area contributed by atoms with Crippen molar-refractivity contribution in [3.05, 3.63) is 52.2 Å². The molecule has 25 heavy (non-hydrogen) atoms. The van der Waals surface area contributed by atoms with E-state index in [2.05, 4.69) is 39.8 Å². The van der Waals surface area contributed by atoms with E-state index in [9.17, 15) is 0 Å². The SMILES string of the molecule is CN=C(NCCOCc1ccccc1OC)N(C)CCc1cccs1. The van der Waals surface area contributed by atoms with Gasteiger partial charge in [-0.25, -0.2) is 0 Å². The van der Waals surface area contributed by atoms with Gasteiger partial charge in [0.15, 0.2) is 5.96 Å². The van der Waals surface area contributed by atoms with E-state index in [1.54, 1.807) is 25.5 Å². The summed E-state index contributed by atoms with van der Waals surface area (Å²) in [5.41, 5.74) is 1.06. The second-order valence-electron chi connectivity index (χ2n) is 5.59. The fraction of sp³-hybridized carbons (Fsp3) is 0.421. The van der Waals surface area contributed by atoms with Gasteiger partial charge in [-0.05, 0) is 23.9 Å². The molecule has 0 saturated carbocycles. The Kier molecular flexibility index (Phi) is 8.28. The van der Waals surface area contributed by atoms with E-state index in [-0.39, 0.29) is 0 Å². The summed E-state index contributed by atoms with van der Waals surface area (Å²) in [4.78, 5) is 7.86. The predicted molar refractivity (Wildman–Crippen MR) is 105 cm³/mol. The highest BCUT2D eigenvalue weighted by molar-refractivity contribution is 7.09. The van der Waals surface area contributed by atoms with Crippen molar-refractivity contribution in [3.8, 4) is 5.75 Å². The molecule has 0 amide bonds. The molecular weight excluding hydrogens is 334 g/mol. The quantitative estimate of drug-likeness (QED) is 0.424. The third kappa shape index (κ3) is 6.40. The summed E-state index contributed by atoms with van der Waals surface area (Å²) in [6.45, 7) is 2.79. The van der Waals surface area contributed by atoms with Crippen LogP contribution in [0.25, 0.3) is 0 Å². The number of hydrogen-bond donors (Lipinski definition) is 1. The fourth-order valence-corrected chi connectivity index (χ4v) is 3.16. The van der Waals surface area contributed by atoms with Gasteiger partial charge in [0, 0.05) is 37.6 Å². The number of hydrogen-bond acceptors (Lipinski definition) is 4. The molecule has 1 N–H and O–H groups in total. The number of guanidine groups is 1. The molecule has 1 aromatic heterocycles. The number of benzene rings is 1. The summed E-state index contributed by atoms with van der Waals surface area (Å²) < 4.78 is 11.1. The fourth-order valence-electron chi connectivity index (χ4n) is 2.46. The predicted octanol–water partition coefficient (Wildman–Crippen LogP) is 3.02. The minimum absolute atomic E-state index is 0.540. The van der Waals surface area contributed by atoms with Crippen molar-refractivity contribution in [2.75, 3.05) is 40.9 Å². The van der Waals surface area contributed by atoms with Gasteiger partial charge in [0.05, 0.1) is 20.3 Å².